The summed E-state index contributed by atoms with van der Waals surface area (Å²) in [5.74, 6) is -0.0115. The zero-order valence-corrected chi connectivity index (χ0v) is 16.6. The van der Waals surface area contributed by atoms with Gasteiger partial charge in [0.05, 0.1) is 17.8 Å². The first kappa shape index (κ1) is 22.5. The lowest BCUT2D eigenvalue weighted by molar-refractivity contribution is -0.187. The van der Waals surface area contributed by atoms with Gasteiger partial charge in [-0.05, 0) is 51.4 Å². The van der Waals surface area contributed by atoms with E-state index in [0.29, 0.717) is 43.9 Å². The Kier molecular flexibility index (Phi) is 7.35. The molecule has 1 aromatic heterocycles. The molecule has 30 heavy (non-hydrogen) atoms. The normalized spacial score (nSPS) is 27.5. The summed E-state index contributed by atoms with van der Waals surface area (Å²) in [5, 5.41) is 16.2. The van der Waals surface area contributed by atoms with E-state index in [1.807, 2.05) is 0 Å². The van der Waals surface area contributed by atoms with Gasteiger partial charge in [0.1, 0.15) is 12.4 Å². The maximum Gasteiger partial charge on any atom is 0.411 e. The molecule has 2 atom stereocenters. The highest BCUT2D eigenvalue weighted by Crippen LogP contribution is 2.27. The second kappa shape index (κ2) is 9.78. The van der Waals surface area contributed by atoms with Gasteiger partial charge in [-0.15, -0.1) is 0 Å². The Bertz CT molecular complexity index is 726. The topological polar surface area (TPSA) is 122 Å². The summed E-state index contributed by atoms with van der Waals surface area (Å²) in [7, 11) is 0. The number of primary amides is 1. The highest BCUT2D eigenvalue weighted by Gasteiger charge is 2.31. The van der Waals surface area contributed by atoms with Crippen molar-refractivity contribution in [2.45, 2.75) is 81.8 Å². The molecule has 1 heterocycles. The van der Waals surface area contributed by atoms with Crippen LogP contribution in [-0.2, 0) is 4.74 Å². The van der Waals surface area contributed by atoms with E-state index in [1.54, 1.807) is 0 Å². The minimum Gasteiger partial charge on any atom is -0.393 e. The lowest BCUT2D eigenvalue weighted by Gasteiger charge is -2.30. The van der Waals surface area contributed by atoms with Crippen molar-refractivity contribution in [1.82, 2.24) is 9.97 Å². The van der Waals surface area contributed by atoms with Crippen molar-refractivity contribution in [3.63, 3.8) is 0 Å². The van der Waals surface area contributed by atoms with Crippen LogP contribution in [-0.4, -0.2) is 58.1 Å². The number of ether oxygens (including phenoxy) is 1. The number of carbonyl (C=O) groups is 1. The number of nitrogens with two attached hydrogens (primary N) is 1. The number of aromatic nitrogens is 2. The van der Waals surface area contributed by atoms with Crippen LogP contribution < -0.4 is 16.4 Å². The zero-order valence-electron chi connectivity index (χ0n) is 16.6. The molecule has 8 nitrogen and oxygen atoms in total. The smallest absolute Gasteiger partial charge is 0.393 e. The largest absolute Gasteiger partial charge is 0.411 e. The van der Waals surface area contributed by atoms with Crippen molar-refractivity contribution in [3.05, 3.63) is 11.8 Å². The van der Waals surface area contributed by atoms with Crippen LogP contribution in [0.1, 0.15) is 61.7 Å². The third-order valence-electron chi connectivity index (χ3n) is 5.53. The Morgan fingerprint density at radius 1 is 1.17 bits per heavy atom. The summed E-state index contributed by atoms with van der Waals surface area (Å²) in [5.41, 5.74) is 5.60. The third kappa shape index (κ3) is 6.69. The van der Waals surface area contributed by atoms with E-state index in [0.717, 1.165) is 19.3 Å². The first-order valence-electron chi connectivity index (χ1n) is 10.3. The Balaban J connectivity index is 1.58. The maximum atomic E-state index is 12.3. The molecular formula is C19H28F3N5O3. The average molecular weight is 431 g/mol. The molecule has 11 heteroatoms. The predicted octanol–water partition coefficient (Wildman–Crippen LogP) is 2.59. The van der Waals surface area contributed by atoms with Crippen molar-refractivity contribution >= 4 is 17.7 Å². The quantitative estimate of drug-likeness (QED) is 0.523. The maximum absolute atomic E-state index is 12.3. The van der Waals surface area contributed by atoms with E-state index in [1.165, 1.54) is 6.20 Å². The molecule has 0 aromatic carbocycles. The molecule has 0 spiro atoms. The zero-order chi connectivity index (χ0) is 21.7. The summed E-state index contributed by atoms with van der Waals surface area (Å²) >= 11 is 0. The predicted molar refractivity (Wildman–Crippen MR) is 104 cm³/mol. The first-order valence-corrected chi connectivity index (χ1v) is 10.3. The van der Waals surface area contributed by atoms with Crippen LogP contribution in [0, 0.1) is 0 Å². The van der Waals surface area contributed by atoms with Gasteiger partial charge in [0, 0.05) is 18.3 Å². The van der Waals surface area contributed by atoms with Crippen molar-refractivity contribution in [2.24, 2.45) is 5.73 Å². The van der Waals surface area contributed by atoms with Crippen LogP contribution in [0.5, 0.6) is 0 Å². The number of anilines is 2. The lowest BCUT2D eigenvalue weighted by Crippen LogP contribution is -2.33. The minimum absolute atomic E-state index is 0.000447. The SMILES string of the molecule is NC(=O)c1cnc(NC2CCC(OCC(F)(F)F)CC2)nc1NC1CCCC(O)C1. The van der Waals surface area contributed by atoms with E-state index in [4.69, 9.17) is 10.5 Å². The molecule has 0 aliphatic heterocycles. The Morgan fingerprint density at radius 3 is 2.53 bits per heavy atom. The molecule has 2 aliphatic carbocycles. The van der Waals surface area contributed by atoms with Crippen LogP contribution in [0.4, 0.5) is 24.9 Å². The summed E-state index contributed by atoms with van der Waals surface area (Å²) < 4.78 is 41.8. The average Bonchev–Trinajstić information content (AvgIpc) is 2.67. The number of hydrogen-bond acceptors (Lipinski definition) is 7. The molecule has 168 valence electrons. The molecule has 2 unspecified atom stereocenters. The van der Waals surface area contributed by atoms with E-state index >= 15 is 0 Å². The van der Waals surface area contributed by atoms with Crippen LogP contribution in [0.2, 0.25) is 0 Å². The highest BCUT2D eigenvalue weighted by atomic mass is 19.4. The number of nitrogens with one attached hydrogen (secondary N) is 2. The van der Waals surface area contributed by atoms with Crippen molar-refractivity contribution < 1.29 is 27.8 Å². The second-order valence-corrected chi connectivity index (χ2v) is 8.03. The Labute approximate surface area is 172 Å². The molecule has 2 saturated carbocycles. The van der Waals surface area contributed by atoms with E-state index in [2.05, 4.69) is 20.6 Å². The molecule has 5 N–H and O–H groups in total. The molecule has 2 aliphatic rings. The van der Waals surface area contributed by atoms with Gasteiger partial charge in [0.2, 0.25) is 5.95 Å². The standard InChI is InChI=1S/C19H28F3N5O3/c20-19(21,22)10-30-14-6-4-11(5-7-14)26-18-24-9-15(16(23)29)17(27-18)25-12-2-1-3-13(28)8-12/h9,11-14,28H,1-8,10H2,(H2,23,29)(H2,24,25,26,27). The van der Waals surface area contributed by atoms with Gasteiger partial charge in [0.25, 0.3) is 5.91 Å². The van der Waals surface area contributed by atoms with Crippen LogP contribution in [0.25, 0.3) is 0 Å². The molecule has 2 fully saturated rings. The molecule has 0 radical (unpaired) electrons. The fourth-order valence-corrected chi connectivity index (χ4v) is 4.00. The van der Waals surface area contributed by atoms with Crippen LogP contribution >= 0.6 is 0 Å². The second-order valence-electron chi connectivity index (χ2n) is 8.03. The molecule has 1 aromatic rings. The van der Waals surface area contributed by atoms with Gasteiger partial charge in [-0.2, -0.15) is 18.2 Å². The van der Waals surface area contributed by atoms with E-state index < -0.39 is 24.8 Å². The van der Waals surface area contributed by atoms with Crippen LogP contribution in [0.15, 0.2) is 6.20 Å². The Hall–Kier alpha value is -2.14. The fraction of sp³-hybridized carbons (Fsp3) is 0.737. The molecule has 0 bridgehead atoms. The highest BCUT2D eigenvalue weighted by molar-refractivity contribution is 5.97. The van der Waals surface area contributed by atoms with Crippen molar-refractivity contribution in [2.75, 3.05) is 17.2 Å². The van der Waals surface area contributed by atoms with Crippen molar-refractivity contribution in [3.8, 4) is 0 Å². The molecule has 0 saturated heterocycles. The number of halogens is 3. The first-order chi connectivity index (χ1) is 14.2. The fourth-order valence-electron chi connectivity index (χ4n) is 4.00. The van der Waals surface area contributed by atoms with E-state index in [-0.39, 0.29) is 23.8 Å². The minimum atomic E-state index is -4.32. The van der Waals surface area contributed by atoms with Gasteiger partial charge in [-0.3, -0.25) is 4.79 Å². The number of alkyl halides is 3. The summed E-state index contributed by atoms with van der Waals surface area (Å²) in [4.78, 5) is 20.3. The number of aliphatic hydroxyl groups excluding tert-OH is 1. The summed E-state index contributed by atoms with van der Waals surface area (Å²) in [6.07, 6.45) is 1.57. The number of rotatable bonds is 7. The van der Waals surface area contributed by atoms with Gasteiger partial charge in [-0.1, -0.05) is 0 Å². The van der Waals surface area contributed by atoms with Crippen molar-refractivity contribution in [1.29, 1.82) is 0 Å². The number of aliphatic hydroxyl groups is 1. The lowest BCUT2D eigenvalue weighted by atomic mass is 9.93. The number of carbonyl (C=O) groups excluding carboxylic acids is 1. The number of hydrogen-bond donors (Lipinski definition) is 4. The third-order valence-corrected chi connectivity index (χ3v) is 5.53. The van der Waals surface area contributed by atoms with Crippen LogP contribution in [0.3, 0.4) is 0 Å². The molecule has 3 rings (SSSR count). The summed E-state index contributed by atoms with van der Waals surface area (Å²) in [6, 6.07) is -0.0182. The monoisotopic (exact) mass is 431 g/mol. The van der Waals surface area contributed by atoms with Gasteiger partial charge >= 0.3 is 6.18 Å². The summed E-state index contributed by atoms with van der Waals surface area (Å²) in [6.45, 7) is -1.22. The number of amides is 1. The number of nitrogens with zero attached hydrogens (tertiary/aromatic N) is 2. The molecule has 1 amide bonds. The Morgan fingerprint density at radius 2 is 1.90 bits per heavy atom. The van der Waals surface area contributed by atoms with Gasteiger partial charge in [0.15, 0.2) is 0 Å². The molecular weight excluding hydrogens is 403 g/mol. The van der Waals surface area contributed by atoms with Gasteiger partial charge in [-0.25, -0.2) is 4.98 Å². The van der Waals surface area contributed by atoms with E-state index in [9.17, 15) is 23.1 Å². The van der Waals surface area contributed by atoms with Gasteiger partial charge < -0.3 is 26.2 Å².